The van der Waals surface area contributed by atoms with E-state index in [2.05, 4.69) is 10.3 Å². The molecule has 1 aliphatic heterocycles. The summed E-state index contributed by atoms with van der Waals surface area (Å²) in [6.45, 7) is 1.53. The van der Waals surface area contributed by atoms with Crippen molar-refractivity contribution in [2.75, 3.05) is 30.4 Å². The first-order valence-electron chi connectivity index (χ1n) is 13.0. The number of nitrogens with one attached hydrogen (secondary N) is 1. The van der Waals surface area contributed by atoms with Gasteiger partial charge in [0.05, 0.1) is 34.7 Å². The first-order chi connectivity index (χ1) is 20.1. The van der Waals surface area contributed by atoms with E-state index in [-0.39, 0.29) is 11.6 Å². The number of aldehydes is 1. The van der Waals surface area contributed by atoms with Crippen molar-refractivity contribution in [1.29, 1.82) is 0 Å². The van der Waals surface area contributed by atoms with Crippen LogP contribution in [0.3, 0.4) is 0 Å². The summed E-state index contributed by atoms with van der Waals surface area (Å²) in [6.07, 6.45) is 5.08. The predicted octanol–water partition coefficient (Wildman–Crippen LogP) is 5.68. The Morgan fingerprint density at radius 1 is 1.02 bits per heavy atom. The number of aromatic nitrogens is 4. The number of nitrogens with zero attached hydrogens (tertiary/aromatic N) is 6. The van der Waals surface area contributed by atoms with Gasteiger partial charge in [-0.05, 0) is 18.6 Å². The molecule has 0 spiro atoms. The Morgan fingerprint density at radius 2 is 1.80 bits per heavy atom. The van der Waals surface area contributed by atoms with Gasteiger partial charge in [-0.1, -0.05) is 48.5 Å². The summed E-state index contributed by atoms with van der Waals surface area (Å²) >= 11 is 0. The Morgan fingerprint density at radius 3 is 2.51 bits per heavy atom. The van der Waals surface area contributed by atoms with Crippen molar-refractivity contribution in [3.8, 4) is 34.0 Å². The van der Waals surface area contributed by atoms with Crippen molar-refractivity contribution >= 4 is 29.3 Å². The molecule has 1 aliphatic rings. The van der Waals surface area contributed by atoms with Crippen molar-refractivity contribution in [1.82, 2.24) is 19.7 Å². The van der Waals surface area contributed by atoms with Crippen molar-refractivity contribution in [2.45, 2.75) is 6.42 Å². The second-order valence-corrected chi connectivity index (χ2v) is 9.41. The van der Waals surface area contributed by atoms with E-state index in [9.17, 15) is 14.9 Å². The van der Waals surface area contributed by atoms with E-state index in [0.717, 1.165) is 42.6 Å². The van der Waals surface area contributed by atoms with E-state index in [0.29, 0.717) is 34.1 Å². The molecule has 0 atom stereocenters. The van der Waals surface area contributed by atoms with Gasteiger partial charge in [-0.15, -0.1) is 0 Å². The fourth-order valence-electron chi connectivity index (χ4n) is 4.78. The largest absolute Gasteiger partial charge is 0.494 e. The Bertz CT molecular complexity index is 1750. The maximum absolute atomic E-state index is 11.9. The molecule has 2 aromatic heterocycles. The van der Waals surface area contributed by atoms with Crippen LogP contribution < -0.4 is 15.0 Å². The van der Waals surface area contributed by atoms with Crippen LogP contribution in [-0.2, 0) is 0 Å². The van der Waals surface area contributed by atoms with Gasteiger partial charge in [0.1, 0.15) is 17.1 Å². The van der Waals surface area contributed by atoms with Crippen LogP contribution in [0.2, 0.25) is 0 Å². The zero-order chi connectivity index (χ0) is 28.3. The monoisotopic (exact) mass is 547 g/mol. The van der Waals surface area contributed by atoms with Gasteiger partial charge in [0.15, 0.2) is 6.29 Å². The summed E-state index contributed by atoms with van der Waals surface area (Å²) < 4.78 is 7.22. The van der Waals surface area contributed by atoms with Crippen LogP contribution >= 0.6 is 0 Å². The Labute approximate surface area is 235 Å². The minimum atomic E-state index is -0.396. The molecule has 11 heteroatoms. The minimum Gasteiger partial charge on any atom is -0.494 e. The molecule has 0 amide bonds. The third-order valence-electron chi connectivity index (χ3n) is 6.94. The molecule has 0 aliphatic carbocycles. The van der Waals surface area contributed by atoms with Crippen molar-refractivity contribution in [3.63, 3.8) is 0 Å². The normalized spacial score (nSPS) is 12.5. The average molecular weight is 548 g/mol. The quantitative estimate of drug-likeness (QED) is 0.141. The van der Waals surface area contributed by atoms with Gasteiger partial charge in [-0.2, -0.15) is 5.10 Å². The number of para-hydroxylation sites is 1. The Balaban J connectivity index is 1.36. The van der Waals surface area contributed by atoms with Gasteiger partial charge in [-0.25, -0.2) is 14.6 Å². The molecule has 0 unspecified atom stereocenters. The fourth-order valence-corrected chi connectivity index (χ4v) is 4.78. The lowest BCUT2D eigenvalue weighted by Gasteiger charge is -2.33. The number of carbonyl (C=O) groups excluding carboxylic acids is 1. The van der Waals surface area contributed by atoms with Crippen molar-refractivity contribution in [2.24, 2.45) is 0 Å². The second kappa shape index (κ2) is 10.9. The van der Waals surface area contributed by atoms with E-state index in [1.165, 1.54) is 13.2 Å². The third kappa shape index (κ3) is 4.96. The van der Waals surface area contributed by atoms with Gasteiger partial charge in [-0.3, -0.25) is 14.9 Å². The molecule has 0 bridgehead atoms. The molecule has 1 N–H and O–H groups in total. The number of benzene rings is 3. The molecular formula is C30H25N7O4. The molecule has 1 saturated heterocycles. The van der Waals surface area contributed by atoms with Gasteiger partial charge in [0, 0.05) is 48.7 Å². The lowest BCUT2D eigenvalue weighted by molar-refractivity contribution is -0.384. The maximum atomic E-state index is 11.9. The molecule has 11 nitrogen and oxygen atoms in total. The number of rotatable bonds is 9. The molecule has 0 saturated carbocycles. The van der Waals surface area contributed by atoms with Gasteiger partial charge < -0.3 is 15.0 Å². The molecule has 6 rings (SSSR count). The SMILES string of the molecule is COc1cc(N2CCC2)c([N+](=O)[O-])cc1Nc1nccc(-c2ccccc2-n2cc(C=O)c(-c3ccccc3)n2)n1. The van der Waals surface area contributed by atoms with Crippen LogP contribution in [0.5, 0.6) is 5.75 Å². The van der Waals surface area contributed by atoms with Crippen LogP contribution in [0, 0.1) is 10.1 Å². The number of anilines is 3. The number of ether oxygens (including phenoxy) is 1. The van der Waals surface area contributed by atoms with Crippen LogP contribution in [0.4, 0.5) is 23.0 Å². The average Bonchev–Trinajstić information content (AvgIpc) is 3.42. The molecule has 41 heavy (non-hydrogen) atoms. The number of nitro groups is 1. The third-order valence-corrected chi connectivity index (χ3v) is 6.94. The standard InChI is InChI=1S/C30H25N7O4/c1-41-28-17-26(35-14-7-15-35)27(37(39)40)16-24(28)33-30-31-13-12-23(32-30)22-10-5-6-11-25(22)36-18-21(19-38)29(34-36)20-8-3-2-4-9-20/h2-6,8-13,16-19H,7,14-15H2,1H3,(H,31,32,33). The van der Waals surface area contributed by atoms with E-state index in [1.54, 1.807) is 29.2 Å². The zero-order valence-electron chi connectivity index (χ0n) is 22.1. The number of hydrogen-bond donors (Lipinski definition) is 1. The maximum Gasteiger partial charge on any atom is 0.294 e. The topological polar surface area (TPSA) is 128 Å². The predicted molar refractivity (Wildman–Crippen MR) is 155 cm³/mol. The first-order valence-corrected chi connectivity index (χ1v) is 13.0. The Hall–Kier alpha value is -5.58. The summed E-state index contributed by atoms with van der Waals surface area (Å²) in [5, 5.41) is 19.7. The molecule has 3 heterocycles. The van der Waals surface area contributed by atoms with Gasteiger partial charge >= 0.3 is 0 Å². The van der Waals surface area contributed by atoms with Crippen molar-refractivity contribution < 1.29 is 14.5 Å². The molecule has 5 aromatic rings. The van der Waals surface area contributed by atoms with Crippen LogP contribution in [-0.4, -0.2) is 51.2 Å². The highest BCUT2D eigenvalue weighted by molar-refractivity contribution is 5.86. The summed E-state index contributed by atoms with van der Waals surface area (Å²) in [5.74, 6) is 0.680. The highest BCUT2D eigenvalue weighted by atomic mass is 16.6. The number of carbonyl (C=O) groups is 1. The number of hydrogen-bond acceptors (Lipinski definition) is 9. The van der Waals surface area contributed by atoms with E-state index >= 15 is 0 Å². The van der Waals surface area contributed by atoms with E-state index < -0.39 is 4.92 Å². The lowest BCUT2D eigenvalue weighted by atomic mass is 10.1. The summed E-state index contributed by atoms with van der Waals surface area (Å²) in [5.41, 5.74) is 4.82. The molecular weight excluding hydrogens is 522 g/mol. The molecule has 0 radical (unpaired) electrons. The van der Waals surface area contributed by atoms with E-state index in [4.69, 9.17) is 14.8 Å². The minimum absolute atomic E-state index is 0.0200. The van der Waals surface area contributed by atoms with Gasteiger partial charge in [0.2, 0.25) is 5.95 Å². The smallest absolute Gasteiger partial charge is 0.294 e. The Kier molecular flexibility index (Phi) is 6.82. The lowest BCUT2D eigenvalue weighted by Crippen LogP contribution is -2.37. The first kappa shape index (κ1) is 25.7. The highest BCUT2D eigenvalue weighted by Gasteiger charge is 2.27. The van der Waals surface area contributed by atoms with Crippen LogP contribution in [0.25, 0.3) is 28.2 Å². The van der Waals surface area contributed by atoms with E-state index in [1.807, 2.05) is 59.5 Å². The zero-order valence-corrected chi connectivity index (χ0v) is 22.1. The molecule has 1 fully saturated rings. The molecule has 3 aromatic carbocycles. The summed E-state index contributed by atoms with van der Waals surface area (Å²) in [7, 11) is 1.52. The van der Waals surface area contributed by atoms with Gasteiger partial charge in [0.25, 0.3) is 5.69 Å². The summed E-state index contributed by atoms with van der Waals surface area (Å²) in [4.78, 5) is 34.3. The molecule has 204 valence electrons. The second-order valence-electron chi connectivity index (χ2n) is 9.41. The van der Waals surface area contributed by atoms with Crippen LogP contribution in [0.15, 0.2) is 85.2 Å². The summed E-state index contributed by atoms with van der Waals surface area (Å²) in [6, 6.07) is 22.0. The number of nitro benzene ring substituents is 1. The fraction of sp³-hybridized carbons (Fsp3) is 0.133. The van der Waals surface area contributed by atoms with Crippen LogP contribution in [0.1, 0.15) is 16.8 Å². The number of methoxy groups -OCH3 is 1. The highest BCUT2D eigenvalue weighted by Crippen LogP contribution is 2.40. The van der Waals surface area contributed by atoms with Crippen molar-refractivity contribution in [3.05, 3.63) is 101 Å².